The second-order valence-corrected chi connectivity index (χ2v) is 10.5. The van der Waals surface area contributed by atoms with Gasteiger partial charge in [0.25, 0.3) is 11.8 Å². The lowest BCUT2D eigenvalue weighted by Crippen LogP contribution is -2.48. The van der Waals surface area contributed by atoms with Gasteiger partial charge in [0, 0.05) is 30.3 Å². The van der Waals surface area contributed by atoms with Crippen LogP contribution >= 0.6 is 11.6 Å². The number of anilines is 1. The number of hydrogen-bond acceptors (Lipinski definition) is 7. The summed E-state index contributed by atoms with van der Waals surface area (Å²) in [5, 5.41) is 20.5. The lowest BCUT2D eigenvalue weighted by molar-refractivity contribution is 0.0566. The number of aliphatic imine (C=N–C) groups is 1. The molecule has 1 aromatic heterocycles. The number of hydrazone groups is 1. The molecule has 3 aromatic rings. The molecule has 1 unspecified atom stereocenters. The molecule has 256 valence electrons. The molecule has 4 rings (SSSR count). The minimum Gasteiger partial charge on any atom is -0.447 e. The van der Waals surface area contributed by atoms with E-state index in [0.717, 1.165) is 23.5 Å². The van der Waals surface area contributed by atoms with E-state index in [1.54, 1.807) is 6.92 Å². The molecule has 0 saturated heterocycles. The second-order valence-electron chi connectivity index (χ2n) is 10.1. The topological polar surface area (TPSA) is 140 Å². The summed E-state index contributed by atoms with van der Waals surface area (Å²) in [7, 11) is 0. The first kappa shape index (κ1) is 35.7. The number of nitrogens with zero attached hydrogens (tertiary/aromatic N) is 6. The van der Waals surface area contributed by atoms with E-state index in [2.05, 4.69) is 27.2 Å². The van der Waals surface area contributed by atoms with Crippen molar-refractivity contribution in [1.82, 2.24) is 25.3 Å². The van der Waals surface area contributed by atoms with Crippen LogP contribution in [0.15, 0.2) is 65.0 Å². The summed E-state index contributed by atoms with van der Waals surface area (Å²) in [6, 6.07) is 6.41. The number of rotatable bonds is 13. The van der Waals surface area contributed by atoms with Gasteiger partial charge in [0.1, 0.15) is 19.0 Å². The maximum absolute atomic E-state index is 14.0. The summed E-state index contributed by atoms with van der Waals surface area (Å²) in [6.07, 6.45) is 1.22. The van der Waals surface area contributed by atoms with Crippen LogP contribution in [-0.2, 0) is 4.74 Å². The molecule has 1 saturated carbocycles. The first-order valence-corrected chi connectivity index (χ1v) is 14.4. The predicted molar refractivity (Wildman–Crippen MR) is 165 cm³/mol. The van der Waals surface area contributed by atoms with Crippen molar-refractivity contribution in [2.24, 2.45) is 10.1 Å². The molecule has 0 radical (unpaired) electrons. The minimum absolute atomic E-state index is 0.0141. The number of halogens is 7. The fourth-order valence-corrected chi connectivity index (χ4v) is 4.64. The van der Waals surface area contributed by atoms with Crippen LogP contribution in [0.3, 0.4) is 0 Å². The van der Waals surface area contributed by atoms with Crippen LogP contribution in [0.5, 0.6) is 0 Å². The summed E-state index contributed by atoms with van der Waals surface area (Å²) >= 11 is 6.23. The summed E-state index contributed by atoms with van der Waals surface area (Å²) in [6.45, 7) is -1.89. The number of nitrogens with one attached hydrogen (secondary N) is 3. The molecule has 1 fully saturated rings. The third-order valence-electron chi connectivity index (χ3n) is 6.92. The van der Waals surface area contributed by atoms with Crippen molar-refractivity contribution >= 4 is 48.3 Å². The number of alkyl carbamates (subject to hydrolysis) is 1. The Labute approximate surface area is 274 Å². The highest BCUT2D eigenvalue weighted by atomic mass is 35.5. The van der Waals surface area contributed by atoms with Crippen molar-refractivity contribution in [2.45, 2.75) is 44.4 Å². The van der Waals surface area contributed by atoms with Gasteiger partial charge in [-0.3, -0.25) is 20.1 Å². The molecule has 3 N–H and O–H groups in total. The molecule has 12 nitrogen and oxygen atoms in total. The van der Waals surface area contributed by atoms with Gasteiger partial charge in [0.05, 0.1) is 22.9 Å². The van der Waals surface area contributed by atoms with Gasteiger partial charge in [-0.05, 0) is 49.0 Å². The average molecular weight is 700 g/mol. The van der Waals surface area contributed by atoms with Crippen LogP contribution in [0.25, 0.3) is 11.1 Å². The number of amides is 2. The second kappa shape index (κ2) is 15.2. The molecule has 1 heterocycles. The number of carbonyl (C=O) groups excluding carboxylic acids is 2. The maximum Gasteiger partial charge on any atom is 0.407 e. The fourth-order valence-electron chi connectivity index (χ4n) is 4.44. The van der Waals surface area contributed by atoms with E-state index in [-0.39, 0.29) is 33.4 Å². The molecular weight excluding hydrogens is 672 g/mol. The largest absolute Gasteiger partial charge is 0.447 e. The zero-order chi connectivity index (χ0) is 35.2. The number of aromatic nitrogens is 2. The molecule has 2 amide bonds. The highest BCUT2D eigenvalue weighted by Crippen LogP contribution is 2.41. The van der Waals surface area contributed by atoms with Crippen molar-refractivity contribution in [3.05, 3.63) is 71.0 Å². The highest BCUT2D eigenvalue weighted by molar-refractivity contribution is 6.33. The van der Waals surface area contributed by atoms with Gasteiger partial charge < -0.3 is 15.4 Å². The normalized spacial score (nSPS) is 15.7. The molecule has 1 aliphatic rings. The van der Waals surface area contributed by atoms with E-state index in [1.807, 2.05) is 5.32 Å². The molecule has 0 aliphatic heterocycles. The Morgan fingerprint density at radius 2 is 1.90 bits per heavy atom. The van der Waals surface area contributed by atoms with Crippen LogP contribution in [0.4, 0.5) is 36.8 Å². The molecular formula is C29H28ClF6N9O3. The Bertz CT molecular complexity index is 1670. The molecule has 0 spiro atoms. The van der Waals surface area contributed by atoms with E-state index in [0.29, 0.717) is 15.8 Å². The molecule has 2 aromatic carbocycles. The fraction of sp³-hybridized carbons (Fsp3) is 0.310. The monoisotopic (exact) mass is 699 g/mol. The van der Waals surface area contributed by atoms with Gasteiger partial charge in [-0.1, -0.05) is 29.8 Å². The van der Waals surface area contributed by atoms with Gasteiger partial charge in [-0.2, -0.15) is 27.8 Å². The smallest absolute Gasteiger partial charge is 0.407 e. The zero-order valence-corrected chi connectivity index (χ0v) is 25.7. The number of ether oxygens (including phenoxy) is 1. The van der Waals surface area contributed by atoms with Gasteiger partial charge in [-0.15, -0.1) is 0 Å². The molecule has 19 heteroatoms. The van der Waals surface area contributed by atoms with Crippen LogP contribution in [0.1, 0.15) is 41.9 Å². The molecule has 1 aliphatic carbocycles. The van der Waals surface area contributed by atoms with Crippen molar-refractivity contribution in [1.29, 1.82) is 5.41 Å². The Kier molecular flexibility index (Phi) is 11.3. The summed E-state index contributed by atoms with van der Waals surface area (Å²) in [5.41, 5.74) is 0.422. The van der Waals surface area contributed by atoms with Crippen LogP contribution < -0.4 is 15.6 Å². The van der Waals surface area contributed by atoms with Crippen molar-refractivity contribution in [3.8, 4) is 11.1 Å². The average Bonchev–Trinajstić information content (AvgIpc) is 3.38. The number of hydrogen-bond donors (Lipinski definition) is 3. The minimum atomic E-state index is -3.22. The van der Waals surface area contributed by atoms with Crippen molar-refractivity contribution < 1.29 is 40.7 Å². The third kappa shape index (κ3) is 8.41. The SMILES string of the molecule is C=N/C=N\N(c1cc([C@@H](COC(=O)NC2CC2(F)F)N(C(=N)NCC)C(=O)c2ccc(-c3cnn(C(F)F)c3)cc2)ccc1Cl)C(F)F. The summed E-state index contributed by atoms with van der Waals surface area (Å²) in [4.78, 5) is 30.7. The molecule has 2 atom stereocenters. The van der Waals surface area contributed by atoms with Gasteiger partial charge in [0.2, 0.25) is 0 Å². The Morgan fingerprint density at radius 3 is 2.46 bits per heavy atom. The highest BCUT2D eigenvalue weighted by Gasteiger charge is 2.58. The predicted octanol–water partition coefficient (Wildman–Crippen LogP) is 6.13. The van der Waals surface area contributed by atoms with Crippen LogP contribution in [-0.4, -0.2) is 77.4 Å². The van der Waals surface area contributed by atoms with Gasteiger partial charge in [-0.25, -0.2) is 23.3 Å². The standard InChI is InChI=1S/C29H28ClF6N9O3/c1-3-39-27(37)44(24(46)17-6-4-16(5-7-17)19-12-40-43(13-19)25(31)32)22(14-48-28(47)42-23-11-29(23,35)36)18-8-9-20(30)21(10-18)45(26(33)34)41-15-38-2/h4-10,12-13,15,22-23,25-26H,2-3,11,14H2,1H3,(H2,37,39)(H,42,47)/b41-15-/t22-,23?/m1/s1. The number of carbonyl (C=O) groups is 2. The first-order valence-electron chi connectivity index (χ1n) is 14.0. The Balaban J connectivity index is 1.74. The van der Waals surface area contributed by atoms with E-state index in [1.165, 1.54) is 42.6 Å². The van der Waals surface area contributed by atoms with E-state index in [9.17, 15) is 35.9 Å². The zero-order valence-electron chi connectivity index (χ0n) is 25.0. The number of alkyl halides is 6. The lowest BCUT2D eigenvalue weighted by Gasteiger charge is -2.33. The quantitative estimate of drug-likeness (QED) is 0.0645. The first-order chi connectivity index (χ1) is 22.8. The summed E-state index contributed by atoms with van der Waals surface area (Å²) < 4.78 is 86.5. The van der Waals surface area contributed by atoms with Gasteiger partial charge in [0.15, 0.2) is 5.96 Å². The van der Waals surface area contributed by atoms with Crippen molar-refractivity contribution in [3.63, 3.8) is 0 Å². The maximum atomic E-state index is 14.0. The summed E-state index contributed by atoms with van der Waals surface area (Å²) in [5.74, 6) is -4.44. The lowest BCUT2D eigenvalue weighted by atomic mass is 10.0. The van der Waals surface area contributed by atoms with E-state index >= 15 is 0 Å². The molecule has 48 heavy (non-hydrogen) atoms. The van der Waals surface area contributed by atoms with E-state index < -0.39 is 62.1 Å². The number of guanidine groups is 1. The Hall–Kier alpha value is -5.13. The third-order valence-corrected chi connectivity index (χ3v) is 7.24. The van der Waals surface area contributed by atoms with Crippen LogP contribution in [0.2, 0.25) is 5.02 Å². The van der Waals surface area contributed by atoms with Crippen LogP contribution in [0, 0.1) is 5.41 Å². The van der Waals surface area contributed by atoms with Gasteiger partial charge >= 0.3 is 19.2 Å². The number of benzene rings is 2. The molecule has 0 bridgehead atoms. The van der Waals surface area contributed by atoms with Crippen molar-refractivity contribution in [2.75, 3.05) is 18.2 Å². The Morgan fingerprint density at radius 1 is 1.21 bits per heavy atom. The van der Waals surface area contributed by atoms with E-state index in [4.69, 9.17) is 21.7 Å².